The minimum absolute atomic E-state index is 0.0615. The van der Waals surface area contributed by atoms with Crippen molar-refractivity contribution in [2.75, 3.05) is 11.9 Å². The molecule has 35 heavy (non-hydrogen) atoms. The number of benzene rings is 2. The maximum absolute atomic E-state index is 16.2. The van der Waals surface area contributed by atoms with Crippen LogP contribution >= 0.6 is 57.4 Å². The maximum atomic E-state index is 16.2. The number of fused-ring (bicyclic) bond motifs is 2. The van der Waals surface area contributed by atoms with E-state index in [1.165, 1.54) is 4.90 Å². The van der Waals surface area contributed by atoms with Crippen LogP contribution in [0.4, 0.5) is 14.9 Å². The number of hydrogen-bond donors (Lipinski definition) is 2. The van der Waals surface area contributed by atoms with Gasteiger partial charge in [-0.15, -0.1) is 0 Å². The number of rotatable bonds is 5. The molecule has 3 atom stereocenters. The van der Waals surface area contributed by atoms with Crippen molar-refractivity contribution < 1.29 is 14.3 Å². The van der Waals surface area contributed by atoms with Gasteiger partial charge < -0.3 is 15.3 Å². The number of carboxylic acid groups (broad SMARTS) is 1. The van der Waals surface area contributed by atoms with Crippen molar-refractivity contribution in [3.63, 3.8) is 0 Å². The van der Waals surface area contributed by atoms with Gasteiger partial charge in [-0.05, 0) is 53.1 Å². The topological polar surface area (TPSA) is 89.2 Å². The van der Waals surface area contributed by atoms with Crippen molar-refractivity contribution in [2.45, 2.75) is 31.3 Å². The molecule has 6 nitrogen and oxygen atoms in total. The Balaban J connectivity index is 1.69. The van der Waals surface area contributed by atoms with Gasteiger partial charge in [0.2, 0.25) is 0 Å². The first-order valence-corrected chi connectivity index (χ1v) is 13.0. The highest BCUT2D eigenvalue weighted by molar-refractivity contribution is 14.1. The number of aryl methyl sites for hydroxylation is 1. The average Bonchev–Trinajstić information content (AvgIpc) is 3.42. The molecule has 0 spiro atoms. The van der Waals surface area contributed by atoms with Crippen LogP contribution in [0.3, 0.4) is 0 Å². The lowest BCUT2D eigenvalue weighted by Crippen LogP contribution is -2.49. The molecule has 2 aliphatic heterocycles. The summed E-state index contributed by atoms with van der Waals surface area (Å²) in [6, 6.07) is 8.65. The number of anilines is 1. The van der Waals surface area contributed by atoms with Crippen LogP contribution in [0.1, 0.15) is 18.4 Å². The quantitative estimate of drug-likeness (QED) is 0.226. The van der Waals surface area contributed by atoms with E-state index in [1.54, 1.807) is 18.2 Å². The van der Waals surface area contributed by atoms with Crippen molar-refractivity contribution in [3.8, 4) is 17.2 Å². The summed E-state index contributed by atoms with van der Waals surface area (Å²) in [6.07, 6.45) is 0.317. The molecule has 0 unspecified atom stereocenters. The summed E-state index contributed by atoms with van der Waals surface area (Å²) in [5.74, 6) is -0.439. The van der Waals surface area contributed by atoms with Crippen LogP contribution in [0.2, 0.25) is 15.2 Å². The molecule has 1 amide bonds. The van der Waals surface area contributed by atoms with E-state index in [2.05, 4.69) is 39.0 Å². The fourth-order valence-corrected chi connectivity index (χ4v) is 6.24. The lowest BCUT2D eigenvalue weighted by molar-refractivity contribution is 0.140. The first-order chi connectivity index (χ1) is 16.7. The molecule has 3 aromatic rings. The van der Waals surface area contributed by atoms with Crippen molar-refractivity contribution in [3.05, 3.63) is 54.4 Å². The van der Waals surface area contributed by atoms with Crippen LogP contribution < -0.4 is 5.32 Å². The predicted octanol–water partition coefficient (Wildman–Crippen LogP) is 7.22. The lowest BCUT2D eigenvalue weighted by Gasteiger charge is -2.37. The number of amides is 1. The first kappa shape index (κ1) is 24.6. The number of hydrogen-bond acceptors (Lipinski definition) is 4. The second kappa shape index (κ2) is 9.43. The monoisotopic (exact) mass is 644 g/mol. The minimum atomic E-state index is -0.943. The average molecular weight is 646 g/mol. The van der Waals surface area contributed by atoms with Crippen LogP contribution in [0, 0.1) is 26.6 Å². The van der Waals surface area contributed by atoms with Gasteiger partial charge in [0.1, 0.15) is 10.7 Å². The fraction of sp³-hybridized carbons (Fsp3) is 0.292. The van der Waals surface area contributed by atoms with Gasteiger partial charge in [-0.3, -0.25) is 0 Å². The molecule has 180 valence electrons. The lowest BCUT2D eigenvalue weighted by atomic mass is 9.79. The normalized spacial score (nSPS) is 20.6. The van der Waals surface area contributed by atoms with Gasteiger partial charge in [0.15, 0.2) is 5.82 Å². The molecule has 3 fully saturated rings. The summed E-state index contributed by atoms with van der Waals surface area (Å²) >= 11 is 21.1. The highest BCUT2D eigenvalue weighted by Crippen LogP contribution is 2.46. The number of halogens is 5. The van der Waals surface area contributed by atoms with Crippen LogP contribution in [0.25, 0.3) is 22.0 Å². The van der Waals surface area contributed by atoms with Gasteiger partial charge in [-0.2, -0.15) is 5.26 Å². The molecule has 2 bridgehead atoms. The van der Waals surface area contributed by atoms with Crippen molar-refractivity contribution in [2.24, 2.45) is 5.92 Å². The molecular weight excluding hydrogens is 629 g/mol. The Hall–Kier alpha value is -2.06. The zero-order valence-corrected chi connectivity index (χ0v) is 22.4. The summed E-state index contributed by atoms with van der Waals surface area (Å²) in [5, 5.41) is 23.3. The molecule has 6 rings (SSSR count). The third-order valence-corrected chi connectivity index (χ3v) is 9.25. The van der Waals surface area contributed by atoms with Gasteiger partial charge in [-0.25, -0.2) is 14.2 Å². The number of aromatic nitrogens is 1. The van der Waals surface area contributed by atoms with Crippen molar-refractivity contribution in [1.82, 2.24) is 9.88 Å². The number of pyridine rings is 1. The van der Waals surface area contributed by atoms with Gasteiger partial charge in [-0.1, -0.05) is 46.9 Å². The molecule has 2 aromatic carbocycles. The van der Waals surface area contributed by atoms with Crippen LogP contribution in [-0.4, -0.2) is 39.7 Å². The molecule has 2 N–H and O–H groups in total. The summed E-state index contributed by atoms with van der Waals surface area (Å²) in [4.78, 5) is 17.3. The van der Waals surface area contributed by atoms with Crippen LogP contribution in [0.15, 0.2) is 24.3 Å². The third kappa shape index (κ3) is 4.06. The van der Waals surface area contributed by atoms with E-state index in [0.29, 0.717) is 38.7 Å². The van der Waals surface area contributed by atoms with Gasteiger partial charge in [0.25, 0.3) is 0 Å². The van der Waals surface area contributed by atoms with Crippen LogP contribution in [0.5, 0.6) is 0 Å². The highest BCUT2D eigenvalue weighted by Gasteiger charge is 2.54. The SMILES string of the molecule is N#CCCc1cc2c(N[C@H]3[C@@H]4C[C@H]3N(C(=O)O)C4)c(I)c(Cl)nc2c(F)c1-c1cccc(Cl)c1Cl. The van der Waals surface area contributed by atoms with Gasteiger partial charge in [0.05, 0.1) is 37.5 Å². The molecule has 0 radical (unpaired) electrons. The second-order valence-electron chi connectivity index (χ2n) is 8.64. The van der Waals surface area contributed by atoms with E-state index < -0.39 is 11.9 Å². The van der Waals surface area contributed by atoms with E-state index in [4.69, 9.17) is 34.8 Å². The molecule has 2 saturated heterocycles. The smallest absolute Gasteiger partial charge is 0.407 e. The van der Waals surface area contributed by atoms with Gasteiger partial charge in [0, 0.05) is 35.4 Å². The molecule has 3 heterocycles. The van der Waals surface area contributed by atoms with Gasteiger partial charge >= 0.3 is 6.09 Å². The minimum Gasteiger partial charge on any atom is -0.465 e. The molecule has 11 heteroatoms. The Morgan fingerprint density at radius 2 is 2.14 bits per heavy atom. The number of carbonyl (C=O) groups is 1. The molecule has 1 saturated carbocycles. The Kier molecular flexibility index (Phi) is 6.64. The standard InChI is InChI=1S/C24H17Cl3FIN4O2/c25-14-5-1-4-12(17(14)26)16-10(3-2-6-30)7-13-21(18(16)28)32-23(27)19(29)22(13)31-20-11-8-15(20)33(9-11)24(34)35/h1,4-5,7,11,15,20H,2-3,8-9H2,(H,31,32)(H,34,35)/t11-,15-,20+/m1/s1. The molecule has 3 aliphatic rings. The summed E-state index contributed by atoms with van der Waals surface area (Å²) in [6.45, 7) is 0.462. The Morgan fingerprint density at radius 1 is 1.37 bits per heavy atom. The largest absolute Gasteiger partial charge is 0.465 e. The van der Waals surface area contributed by atoms with Crippen LogP contribution in [-0.2, 0) is 6.42 Å². The summed E-state index contributed by atoms with van der Waals surface area (Å²) in [5.41, 5.74) is 1.90. The predicted molar refractivity (Wildman–Crippen MR) is 143 cm³/mol. The van der Waals surface area contributed by atoms with E-state index in [1.807, 2.05) is 6.07 Å². The maximum Gasteiger partial charge on any atom is 0.407 e. The van der Waals surface area contributed by atoms with Crippen molar-refractivity contribution in [1.29, 1.82) is 5.26 Å². The molecule has 1 aromatic heterocycles. The van der Waals surface area contributed by atoms with Crippen molar-refractivity contribution >= 4 is 80.1 Å². The molecular formula is C24H17Cl3FIN4O2. The van der Waals surface area contributed by atoms with E-state index in [9.17, 15) is 15.2 Å². The van der Waals surface area contributed by atoms with E-state index >= 15 is 4.39 Å². The van der Waals surface area contributed by atoms with E-state index in [0.717, 1.165) is 6.42 Å². The number of nitrogens with one attached hydrogen (secondary N) is 1. The first-order valence-electron chi connectivity index (χ1n) is 10.8. The van der Waals surface area contributed by atoms with E-state index in [-0.39, 0.29) is 50.7 Å². The Morgan fingerprint density at radius 3 is 2.83 bits per heavy atom. The fourth-order valence-electron chi connectivity index (χ4n) is 5.10. The third-order valence-electron chi connectivity index (χ3n) is 6.78. The highest BCUT2D eigenvalue weighted by atomic mass is 127. The number of nitriles is 1. The zero-order chi connectivity index (χ0) is 25.0. The Bertz CT molecular complexity index is 1430. The molecule has 1 aliphatic carbocycles. The second-order valence-corrected chi connectivity index (χ2v) is 10.9. The summed E-state index contributed by atoms with van der Waals surface area (Å²) in [7, 11) is 0. The zero-order valence-electron chi connectivity index (χ0n) is 18.0. The number of nitrogens with zero attached hydrogens (tertiary/aromatic N) is 3. The summed E-state index contributed by atoms with van der Waals surface area (Å²) < 4.78 is 16.8. The Labute approximate surface area is 229 Å².